The van der Waals surface area contributed by atoms with E-state index in [0.29, 0.717) is 24.8 Å². The fourth-order valence-electron chi connectivity index (χ4n) is 3.40. The minimum atomic E-state index is -0.0819. The summed E-state index contributed by atoms with van der Waals surface area (Å²) < 4.78 is 6.92. The molecule has 7 nitrogen and oxygen atoms in total. The lowest BCUT2D eigenvalue weighted by Crippen LogP contribution is -2.37. The number of rotatable bonds is 2. The Morgan fingerprint density at radius 1 is 1.33 bits per heavy atom. The van der Waals surface area contributed by atoms with Crippen LogP contribution in [0.4, 0.5) is 0 Å². The molecule has 124 valence electrons. The molecule has 1 fully saturated rings. The zero-order valence-corrected chi connectivity index (χ0v) is 13.8. The Labute approximate surface area is 139 Å². The fraction of sp³-hybridized carbons (Fsp3) is 0.412. The van der Waals surface area contributed by atoms with Crippen molar-refractivity contribution in [3.8, 4) is 0 Å². The van der Waals surface area contributed by atoms with Crippen molar-refractivity contribution in [2.45, 2.75) is 25.7 Å². The maximum atomic E-state index is 12.4. The van der Waals surface area contributed by atoms with Gasteiger partial charge in [0.25, 0.3) is 5.91 Å². The molecule has 7 heteroatoms. The number of nitrogens with zero attached hydrogens (tertiary/aromatic N) is 5. The van der Waals surface area contributed by atoms with Gasteiger partial charge in [0.1, 0.15) is 0 Å². The van der Waals surface area contributed by atoms with Crippen LogP contribution in [0.2, 0.25) is 0 Å². The maximum Gasteiger partial charge on any atom is 0.292 e. The first kappa shape index (κ1) is 14.9. The number of hydrogen-bond donors (Lipinski definition) is 0. The van der Waals surface area contributed by atoms with E-state index in [4.69, 9.17) is 4.52 Å². The Balaban J connectivity index is 1.50. The van der Waals surface area contributed by atoms with Crippen molar-refractivity contribution in [3.63, 3.8) is 0 Å². The largest absolute Gasteiger partial charge is 0.351 e. The molecule has 0 saturated carbocycles. The van der Waals surface area contributed by atoms with Gasteiger partial charge >= 0.3 is 0 Å². The molecule has 0 radical (unpaired) electrons. The van der Waals surface area contributed by atoms with Gasteiger partial charge in [-0.2, -0.15) is 5.10 Å². The topological polar surface area (TPSA) is 77.0 Å². The van der Waals surface area contributed by atoms with E-state index in [2.05, 4.69) is 21.3 Å². The maximum absolute atomic E-state index is 12.4. The third kappa shape index (κ3) is 2.46. The second-order valence-corrected chi connectivity index (χ2v) is 6.28. The third-order valence-corrected chi connectivity index (χ3v) is 4.63. The number of carbonyl (C=O) groups excluding carboxylic acids is 1. The Kier molecular flexibility index (Phi) is 3.55. The number of fused-ring (bicyclic) bond motifs is 1. The van der Waals surface area contributed by atoms with Crippen molar-refractivity contribution in [2.24, 2.45) is 7.05 Å². The van der Waals surface area contributed by atoms with Gasteiger partial charge in [0, 0.05) is 43.7 Å². The number of amides is 1. The molecule has 24 heavy (non-hydrogen) atoms. The van der Waals surface area contributed by atoms with Gasteiger partial charge in [-0.15, -0.1) is 0 Å². The smallest absolute Gasteiger partial charge is 0.292 e. The Bertz CT molecular complexity index is 889. The van der Waals surface area contributed by atoms with E-state index in [1.54, 1.807) is 12.3 Å². The molecule has 0 atom stereocenters. The minimum Gasteiger partial charge on any atom is -0.351 e. The van der Waals surface area contributed by atoms with Gasteiger partial charge in [0.15, 0.2) is 5.65 Å². The van der Waals surface area contributed by atoms with Crippen LogP contribution >= 0.6 is 0 Å². The summed E-state index contributed by atoms with van der Waals surface area (Å²) in [6.45, 7) is 3.20. The van der Waals surface area contributed by atoms with Crippen molar-refractivity contribution in [3.05, 3.63) is 41.5 Å². The van der Waals surface area contributed by atoms with E-state index in [0.717, 1.165) is 35.3 Å². The first-order valence-electron chi connectivity index (χ1n) is 8.13. The molecule has 1 aliphatic rings. The van der Waals surface area contributed by atoms with Gasteiger partial charge in [-0.3, -0.25) is 9.48 Å². The molecule has 0 aliphatic carbocycles. The second-order valence-electron chi connectivity index (χ2n) is 6.28. The SMILES string of the molecule is Cc1cc(C(=O)N2CCC(c3nn(C)c4ncccc34)CC2)on1. The average molecular weight is 325 g/mol. The average Bonchev–Trinajstić information content (AvgIpc) is 3.19. The van der Waals surface area contributed by atoms with Crippen molar-refractivity contribution >= 4 is 16.9 Å². The highest BCUT2D eigenvalue weighted by Gasteiger charge is 2.29. The van der Waals surface area contributed by atoms with Gasteiger partial charge in [-0.1, -0.05) is 5.16 Å². The standard InChI is InChI=1S/C17H19N5O2/c1-11-10-14(24-20-11)17(23)22-8-5-12(6-9-22)15-13-4-3-7-18-16(13)21(2)19-15/h3-4,7,10,12H,5-6,8-9H2,1-2H3. The first-order valence-corrected chi connectivity index (χ1v) is 8.13. The molecule has 1 saturated heterocycles. The van der Waals surface area contributed by atoms with Crippen LogP contribution in [0.1, 0.15) is 40.7 Å². The van der Waals surface area contributed by atoms with Crippen LogP contribution in [0.3, 0.4) is 0 Å². The normalized spacial score (nSPS) is 16.0. The van der Waals surface area contributed by atoms with Crippen LogP contribution in [0.25, 0.3) is 11.0 Å². The molecular weight excluding hydrogens is 306 g/mol. The molecule has 0 aromatic carbocycles. The fourth-order valence-corrected chi connectivity index (χ4v) is 3.40. The zero-order valence-electron chi connectivity index (χ0n) is 13.8. The monoisotopic (exact) mass is 325 g/mol. The number of aryl methyl sites for hydroxylation is 2. The van der Waals surface area contributed by atoms with E-state index in [1.807, 2.05) is 29.6 Å². The van der Waals surface area contributed by atoms with Crippen molar-refractivity contribution in [1.29, 1.82) is 0 Å². The Morgan fingerprint density at radius 3 is 2.83 bits per heavy atom. The highest BCUT2D eigenvalue weighted by Crippen LogP contribution is 2.32. The van der Waals surface area contributed by atoms with E-state index in [1.165, 1.54) is 0 Å². The lowest BCUT2D eigenvalue weighted by atomic mass is 9.92. The van der Waals surface area contributed by atoms with E-state index in [-0.39, 0.29) is 5.91 Å². The van der Waals surface area contributed by atoms with E-state index >= 15 is 0 Å². The summed E-state index contributed by atoms with van der Waals surface area (Å²) >= 11 is 0. The van der Waals surface area contributed by atoms with Gasteiger partial charge in [0.2, 0.25) is 5.76 Å². The van der Waals surface area contributed by atoms with Crippen LogP contribution in [-0.2, 0) is 7.05 Å². The van der Waals surface area contributed by atoms with Crippen LogP contribution < -0.4 is 0 Å². The predicted molar refractivity (Wildman–Crippen MR) is 87.6 cm³/mol. The molecule has 1 aliphatic heterocycles. The lowest BCUT2D eigenvalue weighted by Gasteiger charge is -2.30. The third-order valence-electron chi connectivity index (χ3n) is 4.63. The number of carbonyl (C=O) groups is 1. The van der Waals surface area contributed by atoms with Gasteiger partial charge in [-0.25, -0.2) is 4.98 Å². The van der Waals surface area contributed by atoms with Crippen LogP contribution in [0, 0.1) is 6.92 Å². The number of likely N-dealkylation sites (tertiary alicyclic amines) is 1. The Hall–Kier alpha value is -2.70. The molecule has 0 N–H and O–H groups in total. The quantitative estimate of drug-likeness (QED) is 0.722. The highest BCUT2D eigenvalue weighted by molar-refractivity contribution is 5.91. The summed E-state index contributed by atoms with van der Waals surface area (Å²) in [5, 5.41) is 9.56. The second kappa shape index (κ2) is 5.74. The van der Waals surface area contributed by atoms with Crippen LogP contribution in [0.5, 0.6) is 0 Å². The van der Waals surface area contributed by atoms with Crippen molar-refractivity contribution < 1.29 is 9.32 Å². The number of pyridine rings is 1. The summed E-state index contributed by atoms with van der Waals surface area (Å²) in [6, 6.07) is 5.70. The predicted octanol–water partition coefficient (Wildman–Crippen LogP) is 2.28. The first-order chi connectivity index (χ1) is 11.6. The molecule has 0 bridgehead atoms. The summed E-state index contributed by atoms with van der Waals surface area (Å²) in [6.07, 6.45) is 3.56. The summed E-state index contributed by atoms with van der Waals surface area (Å²) in [5.74, 6) is 0.582. The summed E-state index contributed by atoms with van der Waals surface area (Å²) in [4.78, 5) is 18.7. The zero-order chi connectivity index (χ0) is 16.7. The summed E-state index contributed by atoms with van der Waals surface area (Å²) in [5.41, 5.74) is 2.71. The molecule has 0 spiro atoms. The van der Waals surface area contributed by atoms with E-state index < -0.39 is 0 Å². The minimum absolute atomic E-state index is 0.0819. The number of aromatic nitrogens is 4. The molecule has 3 aromatic rings. The number of hydrogen-bond acceptors (Lipinski definition) is 5. The van der Waals surface area contributed by atoms with Crippen molar-refractivity contribution in [2.75, 3.05) is 13.1 Å². The van der Waals surface area contributed by atoms with Crippen LogP contribution in [0.15, 0.2) is 28.9 Å². The molecule has 3 aromatic heterocycles. The van der Waals surface area contributed by atoms with Gasteiger partial charge in [-0.05, 0) is 31.9 Å². The molecule has 4 rings (SSSR count). The van der Waals surface area contributed by atoms with Crippen molar-refractivity contribution in [1.82, 2.24) is 24.8 Å². The molecule has 1 amide bonds. The number of piperidine rings is 1. The van der Waals surface area contributed by atoms with E-state index in [9.17, 15) is 4.79 Å². The molecular formula is C17H19N5O2. The highest BCUT2D eigenvalue weighted by atomic mass is 16.5. The molecule has 4 heterocycles. The lowest BCUT2D eigenvalue weighted by molar-refractivity contribution is 0.0670. The van der Waals surface area contributed by atoms with Gasteiger partial charge in [0.05, 0.1) is 11.4 Å². The van der Waals surface area contributed by atoms with Crippen LogP contribution in [-0.4, -0.2) is 43.8 Å². The van der Waals surface area contributed by atoms with Gasteiger partial charge < -0.3 is 9.42 Å². The Morgan fingerprint density at radius 2 is 2.12 bits per heavy atom. The molecule has 0 unspecified atom stereocenters. The summed E-state index contributed by atoms with van der Waals surface area (Å²) in [7, 11) is 1.92.